The van der Waals surface area contributed by atoms with Crippen molar-refractivity contribution >= 4 is 0 Å². The summed E-state index contributed by atoms with van der Waals surface area (Å²) in [6, 6.07) is 0. The summed E-state index contributed by atoms with van der Waals surface area (Å²) >= 11 is 0. The zero-order chi connectivity index (χ0) is 0. The Bertz CT molecular complexity index is 10.8. The Balaban J connectivity index is 0. The summed E-state index contributed by atoms with van der Waals surface area (Å²) in [5, 5.41) is 0. The fourth-order valence-corrected chi connectivity index (χ4v) is 0. The minimum Gasteiger partial charge on any atom is -0.412 e. The quantitative estimate of drug-likeness (QED) is 0.410. The average Bonchev–Trinajstić information content (AvgIpc) is 0. The first-order valence-electron chi connectivity index (χ1n) is 0. The molecule has 0 rings (SSSR count). The number of hydrogen-bond donors (Lipinski definition) is 0. The molecule has 0 aromatic carbocycles. The van der Waals surface area contributed by atoms with Crippen molar-refractivity contribution in [3.05, 3.63) is 0 Å². The number of hydrogen-bond acceptors (Lipinski definition) is 0. The molecule has 6 N–H and O–H groups in total. The van der Waals surface area contributed by atoms with Crippen LogP contribution in [0.4, 0.5) is 0 Å². The third kappa shape index (κ3) is 53.4. The van der Waals surface area contributed by atoms with Gasteiger partial charge in [-0.3, -0.25) is 0 Å². The second-order valence-electron chi connectivity index (χ2n) is 0. The molecule has 0 bridgehead atoms. The molecule has 0 saturated heterocycles. The molecule has 0 aromatic heterocycles. The van der Waals surface area contributed by atoms with Crippen molar-refractivity contribution in [1.82, 2.24) is 0 Å². The topological polar surface area (TPSA) is 94.5 Å². The van der Waals surface area contributed by atoms with Gasteiger partial charge in [-0.25, -0.2) is 0 Å². The molecule has 1 radical (unpaired) electrons. The van der Waals surface area contributed by atoms with E-state index in [2.05, 4.69) is 0 Å². The van der Waals surface area contributed by atoms with Crippen LogP contribution in [-0.2, 0) is 50.3 Å². The van der Waals surface area contributed by atoms with Crippen LogP contribution < -0.4 is 0 Å². The largest absolute Gasteiger partial charge is 0.412 e. The van der Waals surface area contributed by atoms with Crippen LogP contribution >= 0.6 is 0 Å². The first-order chi connectivity index (χ1) is 0. The molecule has 6 heavy (non-hydrogen) atoms. The molecule has 0 spiro atoms. The Hall–Kier alpha value is 1.40. The summed E-state index contributed by atoms with van der Waals surface area (Å²) in [6.45, 7) is 0. The maximum Gasteiger partial charge on any atom is 0 e. The van der Waals surface area contributed by atoms with Gasteiger partial charge in [-0.05, 0) is 0 Å². The second kappa shape index (κ2) is 95.3. The second-order valence-corrected chi connectivity index (χ2v) is 0. The van der Waals surface area contributed by atoms with Crippen molar-refractivity contribution in [1.29, 1.82) is 0 Å². The molecule has 3 nitrogen and oxygen atoms in total. The van der Waals surface area contributed by atoms with E-state index in [1.165, 1.54) is 0 Å². The van der Waals surface area contributed by atoms with E-state index in [0.29, 0.717) is 0 Å². The Morgan fingerprint density at radius 1 is 0.667 bits per heavy atom. The van der Waals surface area contributed by atoms with Gasteiger partial charge >= 0.3 is 0 Å². The first kappa shape index (κ1) is 155. The zero-order valence-corrected chi connectivity index (χ0v) is 5.64. The van der Waals surface area contributed by atoms with E-state index in [-0.39, 0.29) is 66.8 Å². The molecule has 0 aliphatic rings. The van der Waals surface area contributed by atoms with Crippen molar-refractivity contribution in [2.75, 3.05) is 0 Å². The molecule has 51 valence electrons. The van der Waals surface area contributed by atoms with Gasteiger partial charge in [0.25, 0.3) is 0 Å². The van der Waals surface area contributed by atoms with Gasteiger partial charge in [-0.1, -0.05) is 0 Å². The van der Waals surface area contributed by atoms with Gasteiger partial charge in [-0.15, -0.1) is 0 Å². The smallest absolute Gasteiger partial charge is 0 e. The Kier molecular flexibility index (Phi) is 2460. The average molecular weight is 228 g/mol. The summed E-state index contributed by atoms with van der Waals surface area (Å²) < 4.78 is 0. The predicted octanol–water partition coefficient (Wildman–Crippen LogP) is -2.48. The van der Waals surface area contributed by atoms with Gasteiger partial charge in [0.05, 0.1) is 0 Å². The molecular weight excluding hydrogens is 221 g/mol. The van der Waals surface area contributed by atoms with Crippen LogP contribution in [0.15, 0.2) is 0 Å². The summed E-state index contributed by atoms with van der Waals surface area (Å²) in [7, 11) is 0. The van der Waals surface area contributed by atoms with Crippen molar-refractivity contribution in [3.8, 4) is 0 Å². The molecule has 6 heteroatoms. The van der Waals surface area contributed by atoms with Crippen molar-refractivity contribution in [2.24, 2.45) is 0 Å². The van der Waals surface area contributed by atoms with Crippen molar-refractivity contribution in [3.63, 3.8) is 0 Å². The van der Waals surface area contributed by atoms with Crippen LogP contribution in [0.5, 0.6) is 0 Å². The fraction of sp³-hybridized carbons (Fsp3) is 0. The summed E-state index contributed by atoms with van der Waals surface area (Å²) in [5.74, 6) is 0. The van der Waals surface area contributed by atoms with Gasteiger partial charge in [0, 0.05) is 50.3 Å². The van der Waals surface area contributed by atoms with Crippen LogP contribution in [0.25, 0.3) is 0 Å². The monoisotopic (exact) mass is 227 g/mol. The molecule has 0 aliphatic carbocycles. The normalized spacial score (nSPS) is 0. The van der Waals surface area contributed by atoms with Gasteiger partial charge in [0.15, 0.2) is 0 Å². The molecule has 0 amide bonds. The molecule has 0 saturated carbocycles. The van der Waals surface area contributed by atoms with E-state index < -0.39 is 0 Å². The van der Waals surface area contributed by atoms with Crippen LogP contribution in [0.1, 0.15) is 0 Å². The zero-order valence-electron chi connectivity index (χ0n) is 2.50. The molecule has 0 atom stereocenters. The van der Waals surface area contributed by atoms with E-state index in [0.717, 1.165) is 0 Å². The molecule has 0 unspecified atom stereocenters. The summed E-state index contributed by atoms with van der Waals surface area (Å²) in [4.78, 5) is 0. The van der Waals surface area contributed by atoms with E-state index in [1.54, 1.807) is 0 Å². The molecule has 0 fully saturated rings. The molecule has 0 aliphatic heterocycles. The van der Waals surface area contributed by atoms with Gasteiger partial charge in [-0.2, -0.15) is 0 Å². The minimum absolute atomic E-state index is 0. The molecule has 0 heterocycles. The summed E-state index contributed by atoms with van der Waals surface area (Å²) in [6.07, 6.45) is 0. The van der Waals surface area contributed by atoms with Crippen molar-refractivity contribution < 1.29 is 66.8 Å². The fourth-order valence-electron chi connectivity index (χ4n) is 0. The third-order valence-corrected chi connectivity index (χ3v) is 0. The maximum atomic E-state index is 0. The van der Waals surface area contributed by atoms with Gasteiger partial charge in [0.2, 0.25) is 0 Å². The Labute approximate surface area is 66.8 Å². The van der Waals surface area contributed by atoms with Crippen LogP contribution in [-0.4, -0.2) is 16.4 Å². The Morgan fingerprint density at radius 3 is 0.667 bits per heavy atom. The minimum atomic E-state index is 0. The maximum absolute atomic E-state index is 0. The Morgan fingerprint density at radius 2 is 0.667 bits per heavy atom. The molecule has 0 aromatic rings. The van der Waals surface area contributed by atoms with E-state index in [9.17, 15) is 0 Å². The standard InChI is InChI=1S/Co.Fe.Ni.3H2O/h;;;3*1H2. The van der Waals surface area contributed by atoms with Crippen LogP contribution in [0.3, 0.4) is 0 Å². The predicted molar refractivity (Wildman–Crippen MR) is 10.8 cm³/mol. The van der Waals surface area contributed by atoms with Crippen LogP contribution in [0, 0.1) is 0 Å². The number of rotatable bonds is 0. The van der Waals surface area contributed by atoms with Crippen molar-refractivity contribution in [2.45, 2.75) is 0 Å². The van der Waals surface area contributed by atoms with Gasteiger partial charge < -0.3 is 16.4 Å². The van der Waals surface area contributed by atoms with Crippen LogP contribution in [0.2, 0.25) is 0 Å². The van der Waals surface area contributed by atoms with E-state index in [4.69, 9.17) is 0 Å². The summed E-state index contributed by atoms with van der Waals surface area (Å²) in [5.41, 5.74) is 0. The third-order valence-electron chi connectivity index (χ3n) is 0. The van der Waals surface area contributed by atoms with E-state index >= 15 is 0 Å². The van der Waals surface area contributed by atoms with E-state index in [1.807, 2.05) is 0 Å². The first-order valence-corrected chi connectivity index (χ1v) is 0. The molecular formula is H6CoFeNiO3. The SMILES string of the molecule is O.O.O.[Co].[Fe].[Ni]. The van der Waals surface area contributed by atoms with Gasteiger partial charge in [0.1, 0.15) is 0 Å².